The first kappa shape index (κ1) is 21.4. The molecule has 10 unspecified atom stereocenters. The average molecular weight is 406 g/mol. The second-order valence-electron chi connectivity index (χ2n) is 7.12. The number of carbonyl (C=O) groups excluding carboxylic acids is 1. The third kappa shape index (κ3) is 3.89. The summed E-state index contributed by atoms with van der Waals surface area (Å²) in [6.45, 7) is 1.08. The van der Waals surface area contributed by atoms with Crippen LogP contribution in [0.5, 0.6) is 0 Å². The van der Waals surface area contributed by atoms with Crippen LogP contribution in [-0.4, -0.2) is 94.6 Å². The number of ether oxygens (including phenoxy) is 5. The zero-order valence-electron chi connectivity index (χ0n) is 15.5. The van der Waals surface area contributed by atoms with Crippen LogP contribution in [0.2, 0.25) is 0 Å². The van der Waals surface area contributed by atoms with Crippen LogP contribution in [0.25, 0.3) is 0 Å². The first-order valence-electron chi connectivity index (χ1n) is 9.01. The molecule has 11 nitrogen and oxygen atoms in total. The molecule has 3 rings (SSSR count). The van der Waals surface area contributed by atoms with E-state index in [9.17, 15) is 30.3 Å². The number of esters is 1. The van der Waals surface area contributed by atoms with E-state index in [1.807, 2.05) is 0 Å². The van der Waals surface area contributed by atoms with E-state index in [4.69, 9.17) is 23.7 Å². The molecule has 2 saturated heterocycles. The average Bonchev–Trinajstić information content (AvgIpc) is 2.67. The smallest absolute Gasteiger partial charge is 0.337 e. The van der Waals surface area contributed by atoms with Crippen LogP contribution in [0, 0.1) is 11.8 Å². The molecule has 0 aromatic rings. The highest BCUT2D eigenvalue weighted by molar-refractivity contribution is 5.88. The fourth-order valence-corrected chi connectivity index (χ4v) is 3.91. The Hall–Kier alpha value is -1.31. The molecule has 3 aliphatic rings. The van der Waals surface area contributed by atoms with Crippen molar-refractivity contribution in [1.82, 2.24) is 0 Å². The van der Waals surface area contributed by atoms with Crippen molar-refractivity contribution in [3.63, 3.8) is 0 Å². The number of fused-ring (bicyclic) bond motifs is 1. The van der Waals surface area contributed by atoms with Gasteiger partial charge in [-0.05, 0) is 6.92 Å². The summed E-state index contributed by atoms with van der Waals surface area (Å²) in [6.07, 6.45) is -8.71. The van der Waals surface area contributed by atoms with E-state index < -0.39 is 73.8 Å². The van der Waals surface area contributed by atoms with Crippen LogP contribution in [0.4, 0.5) is 0 Å². The van der Waals surface area contributed by atoms with Gasteiger partial charge in [-0.3, -0.25) is 0 Å². The lowest BCUT2D eigenvalue weighted by Gasteiger charge is -2.47. The SMILES string of the molecule is COC(=O)C1=COC(OC2OC(CO)C(O)C(O)C2O)C2C(C)OC(O)CC12. The van der Waals surface area contributed by atoms with Crippen molar-refractivity contribution in [2.24, 2.45) is 11.8 Å². The van der Waals surface area contributed by atoms with Crippen molar-refractivity contribution in [1.29, 1.82) is 0 Å². The van der Waals surface area contributed by atoms with Crippen molar-refractivity contribution < 1.29 is 54.0 Å². The molecule has 11 heteroatoms. The van der Waals surface area contributed by atoms with Crippen LogP contribution in [0.15, 0.2) is 11.8 Å². The van der Waals surface area contributed by atoms with Crippen molar-refractivity contribution in [2.75, 3.05) is 13.7 Å². The lowest BCUT2D eigenvalue weighted by molar-refractivity contribution is -0.352. The second-order valence-corrected chi connectivity index (χ2v) is 7.12. The molecular weight excluding hydrogens is 380 g/mol. The third-order valence-corrected chi connectivity index (χ3v) is 5.41. The number of carbonyl (C=O) groups is 1. The molecule has 160 valence electrons. The van der Waals surface area contributed by atoms with Crippen molar-refractivity contribution >= 4 is 5.97 Å². The third-order valence-electron chi connectivity index (χ3n) is 5.41. The Morgan fingerprint density at radius 3 is 2.50 bits per heavy atom. The summed E-state index contributed by atoms with van der Waals surface area (Å²) in [6, 6.07) is 0. The molecule has 0 radical (unpaired) electrons. The number of rotatable bonds is 4. The first-order valence-corrected chi connectivity index (χ1v) is 9.01. The normalized spacial score (nSPS) is 46.2. The fourth-order valence-electron chi connectivity index (χ4n) is 3.91. The fraction of sp³-hybridized carbons (Fsp3) is 0.824. The Labute approximate surface area is 161 Å². The molecule has 0 saturated carbocycles. The number of aliphatic hydroxyl groups excluding tert-OH is 5. The lowest BCUT2D eigenvalue weighted by atomic mass is 9.77. The highest BCUT2D eigenvalue weighted by Gasteiger charge is 2.51. The maximum absolute atomic E-state index is 12.1. The summed E-state index contributed by atoms with van der Waals surface area (Å²) in [5, 5.41) is 49.2. The van der Waals surface area contributed by atoms with Gasteiger partial charge in [-0.15, -0.1) is 0 Å². The van der Waals surface area contributed by atoms with Gasteiger partial charge in [0.15, 0.2) is 12.6 Å². The summed E-state index contributed by atoms with van der Waals surface area (Å²) in [4.78, 5) is 12.1. The van der Waals surface area contributed by atoms with Crippen LogP contribution in [-0.2, 0) is 28.5 Å². The van der Waals surface area contributed by atoms with E-state index in [0.29, 0.717) is 0 Å². The van der Waals surface area contributed by atoms with E-state index >= 15 is 0 Å². The minimum atomic E-state index is -1.60. The second kappa shape index (κ2) is 8.59. The summed E-state index contributed by atoms with van der Waals surface area (Å²) in [5.41, 5.74) is 0.218. The molecule has 2 fully saturated rings. The molecule has 3 heterocycles. The van der Waals surface area contributed by atoms with Crippen molar-refractivity contribution in [3.05, 3.63) is 11.8 Å². The van der Waals surface area contributed by atoms with E-state index in [1.54, 1.807) is 6.92 Å². The number of hydrogen-bond donors (Lipinski definition) is 5. The molecule has 0 bridgehead atoms. The highest BCUT2D eigenvalue weighted by atomic mass is 16.8. The molecule has 0 aromatic heterocycles. The van der Waals surface area contributed by atoms with Gasteiger partial charge in [-0.25, -0.2) is 4.79 Å². The van der Waals surface area contributed by atoms with Gasteiger partial charge >= 0.3 is 5.97 Å². The van der Waals surface area contributed by atoms with Gasteiger partial charge in [0.1, 0.15) is 24.4 Å². The molecule has 28 heavy (non-hydrogen) atoms. The molecule has 0 aliphatic carbocycles. The van der Waals surface area contributed by atoms with Crippen molar-refractivity contribution in [2.45, 2.75) is 62.7 Å². The van der Waals surface area contributed by atoms with Gasteiger partial charge in [0, 0.05) is 12.3 Å². The summed E-state index contributed by atoms with van der Waals surface area (Å²) in [5.74, 6) is -1.67. The monoisotopic (exact) mass is 406 g/mol. The van der Waals surface area contributed by atoms with Crippen molar-refractivity contribution in [3.8, 4) is 0 Å². The molecule has 10 atom stereocenters. The van der Waals surface area contributed by atoms with E-state index in [1.165, 1.54) is 13.4 Å². The van der Waals surface area contributed by atoms with Crippen LogP contribution in [0.1, 0.15) is 13.3 Å². The van der Waals surface area contributed by atoms with Crippen LogP contribution >= 0.6 is 0 Å². The standard InChI is InChI=1S/C17H26O11/c1-6-11-7(3-10(19)26-6)8(15(23)24-2)5-25-16(11)28-17-14(22)13(21)12(20)9(4-18)27-17/h5-7,9-14,16-22H,3-4H2,1-2H3. The predicted molar refractivity (Wildman–Crippen MR) is 88.0 cm³/mol. The van der Waals surface area contributed by atoms with Gasteiger partial charge < -0.3 is 49.2 Å². The van der Waals surface area contributed by atoms with Gasteiger partial charge in [0.25, 0.3) is 0 Å². The zero-order valence-corrected chi connectivity index (χ0v) is 15.5. The van der Waals surface area contributed by atoms with Gasteiger partial charge in [0.05, 0.1) is 37.6 Å². The Morgan fingerprint density at radius 2 is 1.86 bits per heavy atom. The highest BCUT2D eigenvalue weighted by Crippen LogP contribution is 2.42. The Kier molecular flexibility index (Phi) is 6.57. The topological polar surface area (TPSA) is 164 Å². The Balaban J connectivity index is 1.81. The summed E-state index contributed by atoms with van der Waals surface area (Å²) >= 11 is 0. The Morgan fingerprint density at radius 1 is 1.14 bits per heavy atom. The zero-order chi connectivity index (χ0) is 20.6. The summed E-state index contributed by atoms with van der Waals surface area (Å²) < 4.78 is 26.8. The van der Waals surface area contributed by atoms with Crippen LogP contribution in [0.3, 0.4) is 0 Å². The van der Waals surface area contributed by atoms with E-state index in [-0.39, 0.29) is 12.0 Å². The number of aliphatic hydroxyl groups is 5. The molecule has 0 spiro atoms. The minimum Gasteiger partial charge on any atom is -0.471 e. The van der Waals surface area contributed by atoms with Gasteiger partial charge in [0.2, 0.25) is 6.29 Å². The molecular formula is C17H26O11. The van der Waals surface area contributed by atoms with Gasteiger partial charge in [-0.1, -0.05) is 0 Å². The Bertz CT molecular complexity index is 594. The van der Waals surface area contributed by atoms with E-state index in [2.05, 4.69) is 0 Å². The molecule has 3 aliphatic heterocycles. The molecule has 0 amide bonds. The largest absolute Gasteiger partial charge is 0.471 e. The lowest BCUT2D eigenvalue weighted by Crippen LogP contribution is -2.61. The first-order chi connectivity index (χ1) is 13.3. The van der Waals surface area contributed by atoms with E-state index in [0.717, 1.165) is 0 Å². The number of hydrogen-bond acceptors (Lipinski definition) is 11. The number of methoxy groups -OCH3 is 1. The maximum Gasteiger partial charge on any atom is 0.337 e. The van der Waals surface area contributed by atoms with Crippen LogP contribution < -0.4 is 0 Å². The van der Waals surface area contributed by atoms with Gasteiger partial charge in [-0.2, -0.15) is 0 Å². The molecule has 5 N–H and O–H groups in total. The summed E-state index contributed by atoms with van der Waals surface area (Å²) in [7, 11) is 1.23. The molecule has 0 aromatic carbocycles. The quantitative estimate of drug-likeness (QED) is 0.315. The minimum absolute atomic E-state index is 0.105. The predicted octanol–water partition coefficient (Wildman–Crippen LogP) is -2.42. The maximum atomic E-state index is 12.1.